The minimum absolute atomic E-state index is 0.120. The molecule has 0 spiro atoms. The van der Waals surface area contributed by atoms with Crippen LogP contribution in [0.5, 0.6) is 5.75 Å². The van der Waals surface area contributed by atoms with E-state index in [1.807, 2.05) is 13.0 Å². The first-order chi connectivity index (χ1) is 10.6. The molecule has 0 unspecified atom stereocenters. The number of ether oxygens (including phenoxy) is 1. The summed E-state index contributed by atoms with van der Waals surface area (Å²) >= 11 is 6.09. The zero-order valence-electron chi connectivity index (χ0n) is 14.3. The maximum Gasteiger partial charge on any atom is 0.274 e. The molecule has 23 heavy (non-hydrogen) atoms. The number of carbonyl (C=O) groups excluding carboxylic acids is 1. The fourth-order valence-electron chi connectivity index (χ4n) is 2.16. The van der Waals surface area contributed by atoms with Crippen molar-refractivity contribution in [1.82, 2.24) is 9.78 Å². The van der Waals surface area contributed by atoms with Gasteiger partial charge in [-0.25, -0.2) is 0 Å². The summed E-state index contributed by atoms with van der Waals surface area (Å²) in [4.78, 5) is 12.6. The van der Waals surface area contributed by atoms with Crippen molar-refractivity contribution in [2.45, 2.75) is 33.1 Å². The predicted octanol–water partition coefficient (Wildman–Crippen LogP) is 3.94. The average Bonchev–Trinajstić information content (AvgIpc) is 2.84. The van der Waals surface area contributed by atoms with Crippen LogP contribution in [-0.4, -0.2) is 22.8 Å². The van der Waals surface area contributed by atoms with Crippen molar-refractivity contribution in [2.24, 2.45) is 7.05 Å². The number of methoxy groups -OCH3 is 1. The van der Waals surface area contributed by atoms with Crippen LogP contribution in [0.15, 0.2) is 18.2 Å². The predicted molar refractivity (Wildman–Crippen MR) is 92.6 cm³/mol. The molecule has 0 bridgehead atoms. The highest BCUT2D eigenvalue weighted by Gasteiger charge is 2.22. The molecule has 5 nitrogen and oxygen atoms in total. The molecule has 0 aliphatic carbocycles. The van der Waals surface area contributed by atoms with Gasteiger partial charge < -0.3 is 10.1 Å². The highest BCUT2D eigenvalue weighted by molar-refractivity contribution is 6.31. The molecule has 2 aromatic rings. The normalized spacial score (nSPS) is 11.4. The van der Waals surface area contributed by atoms with Gasteiger partial charge in [0, 0.05) is 23.6 Å². The Morgan fingerprint density at radius 3 is 2.48 bits per heavy atom. The number of anilines is 1. The Balaban J connectivity index is 2.33. The summed E-state index contributed by atoms with van der Waals surface area (Å²) < 4.78 is 6.87. The molecular formula is C17H22ClN3O2. The summed E-state index contributed by atoms with van der Waals surface area (Å²) in [5, 5.41) is 7.88. The lowest BCUT2D eigenvalue weighted by Crippen LogP contribution is -2.16. The third kappa shape index (κ3) is 3.67. The zero-order chi connectivity index (χ0) is 17.4. The molecular weight excluding hydrogens is 314 g/mol. The van der Waals surface area contributed by atoms with E-state index in [4.69, 9.17) is 16.3 Å². The lowest BCUT2D eigenvalue weighted by Gasteiger charge is -2.13. The molecule has 0 saturated heterocycles. The Labute approximate surface area is 141 Å². The number of benzene rings is 1. The molecule has 1 N–H and O–H groups in total. The number of nitrogens with one attached hydrogen (secondary N) is 1. The molecule has 0 saturated carbocycles. The highest BCUT2D eigenvalue weighted by Crippen LogP contribution is 2.31. The largest absolute Gasteiger partial charge is 0.495 e. The SMILES string of the molecule is COc1cc(Cl)c(C)cc1NC(=O)c1cc(C(C)(C)C)nn1C. The Hall–Kier alpha value is -2.01. The third-order valence-corrected chi connectivity index (χ3v) is 4.02. The standard InChI is InChI=1S/C17H22ClN3O2/c1-10-7-12(14(23-6)8-11(10)18)19-16(22)13-9-15(17(2,3)4)20-21(13)5/h7-9H,1-6H3,(H,19,22). The Morgan fingerprint density at radius 1 is 1.30 bits per heavy atom. The minimum atomic E-state index is -0.240. The fourth-order valence-corrected chi connectivity index (χ4v) is 2.32. The summed E-state index contributed by atoms with van der Waals surface area (Å²) in [6.45, 7) is 8.05. The van der Waals surface area contributed by atoms with Crippen LogP contribution < -0.4 is 10.1 Å². The summed E-state index contributed by atoms with van der Waals surface area (Å²) in [5.41, 5.74) is 2.68. The number of aryl methyl sites for hydroxylation is 2. The molecule has 1 aromatic carbocycles. The van der Waals surface area contributed by atoms with Crippen LogP contribution in [0, 0.1) is 6.92 Å². The van der Waals surface area contributed by atoms with Crippen LogP contribution in [0.3, 0.4) is 0 Å². The van der Waals surface area contributed by atoms with Crippen molar-refractivity contribution in [3.63, 3.8) is 0 Å². The zero-order valence-corrected chi connectivity index (χ0v) is 15.1. The average molecular weight is 336 g/mol. The first-order valence-electron chi connectivity index (χ1n) is 7.33. The smallest absolute Gasteiger partial charge is 0.274 e. The molecule has 1 aromatic heterocycles. The van der Waals surface area contributed by atoms with Crippen LogP contribution in [0.1, 0.15) is 42.5 Å². The van der Waals surface area contributed by atoms with Crippen LogP contribution in [0.4, 0.5) is 5.69 Å². The Morgan fingerprint density at radius 2 is 1.96 bits per heavy atom. The fraction of sp³-hybridized carbons (Fsp3) is 0.412. The first-order valence-corrected chi connectivity index (χ1v) is 7.71. The van der Waals surface area contributed by atoms with Crippen LogP contribution in [0.25, 0.3) is 0 Å². The Bertz CT molecular complexity index is 745. The number of halogens is 1. The maximum atomic E-state index is 12.6. The van der Waals surface area contributed by atoms with Gasteiger partial charge in [0.2, 0.25) is 0 Å². The molecule has 0 fully saturated rings. The van der Waals surface area contributed by atoms with Gasteiger partial charge in [-0.05, 0) is 24.6 Å². The molecule has 0 atom stereocenters. The lowest BCUT2D eigenvalue weighted by molar-refractivity contribution is 0.101. The summed E-state index contributed by atoms with van der Waals surface area (Å²) in [5.74, 6) is 0.280. The van der Waals surface area contributed by atoms with Gasteiger partial charge in [-0.1, -0.05) is 32.4 Å². The molecule has 1 heterocycles. The van der Waals surface area contributed by atoms with Gasteiger partial charge in [0.25, 0.3) is 5.91 Å². The van der Waals surface area contributed by atoms with Gasteiger partial charge in [0.1, 0.15) is 11.4 Å². The number of hydrogen-bond acceptors (Lipinski definition) is 3. The number of carbonyl (C=O) groups is 1. The molecule has 0 aliphatic rings. The molecule has 0 aliphatic heterocycles. The van der Waals surface area contributed by atoms with E-state index in [0.29, 0.717) is 22.2 Å². The van der Waals surface area contributed by atoms with Gasteiger partial charge in [-0.15, -0.1) is 0 Å². The second kappa shape index (κ2) is 6.24. The first kappa shape index (κ1) is 17.3. The van der Waals surface area contributed by atoms with Gasteiger partial charge >= 0.3 is 0 Å². The van der Waals surface area contributed by atoms with Gasteiger partial charge in [0.15, 0.2) is 0 Å². The van der Waals surface area contributed by atoms with Crippen LogP contribution in [-0.2, 0) is 12.5 Å². The van der Waals surface area contributed by atoms with Gasteiger partial charge in [0.05, 0.1) is 18.5 Å². The minimum Gasteiger partial charge on any atom is -0.495 e. The molecule has 0 radical (unpaired) electrons. The maximum absolute atomic E-state index is 12.6. The molecule has 124 valence electrons. The van der Waals surface area contributed by atoms with Crippen molar-refractivity contribution in [1.29, 1.82) is 0 Å². The highest BCUT2D eigenvalue weighted by atomic mass is 35.5. The Kier molecular flexibility index (Phi) is 4.71. The molecule has 1 amide bonds. The number of aromatic nitrogens is 2. The van der Waals surface area contributed by atoms with Crippen molar-refractivity contribution >= 4 is 23.2 Å². The van der Waals surface area contributed by atoms with E-state index >= 15 is 0 Å². The van der Waals surface area contributed by atoms with Crippen LogP contribution in [0.2, 0.25) is 5.02 Å². The second-order valence-corrected chi connectivity index (χ2v) is 6.95. The van der Waals surface area contributed by atoms with E-state index < -0.39 is 0 Å². The third-order valence-electron chi connectivity index (χ3n) is 3.61. The summed E-state index contributed by atoms with van der Waals surface area (Å²) in [6, 6.07) is 5.29. The summed E-state index contributed by atoms with van der Waals surface area (Å²) in [7, 11) is 3.30. The second-order valence-electron chi connectivity index (χ2n) is 6.54. The van der Waals surface area contributed by atoms with E-state index in [9.17, 15) is 4.79 Å². The quantitative estimate of drug-likeness (QED) is 0.924. The number of rotatable bonds is 3. The van der Waals surface area contributed by atoms with E-state index in [2.05, 4.69) is 31.2 Å². The van der Waals surface area contributed by atoms with Gasteiger partial charge in [-0.2, -0.15) is 5.10 Å². The number of hydrogen-bond donors (Lipinski definition) is 1. The topological polar surface area (TPSA) is 56.1 Å². The van der Waals surface area contributed by atoms with Crippen molar-refractivity contribution in [3.8, 4) is 5.75 Å². The molecule has 6 heteroatoms. The summed E-state index contributed by atoms with van der Waals surface area (Å²) in [6.07, 6.45) is 0. The van der Waals surface area contributed by atoms with E-state index in [0.717, 1.165) is 11.3 Å². The van der Waals surface area contributed by atoms with Crippen molar-refractivity contribution < 1.29 is 9.53 Å². The lowest BCUT2D eigenvalue weighted by atomic mass is 9.92. The van der Waals surface area contributed by atoms with Gasteiger partial charge in [-0.3, -0.25) is 9.48 Å². The molecule has 2 rings (SSSR count). The van der Waals surface area contributed by atoms with E-state index in [1.165, 1.54) is 0 Å². The number of nitrogens with zero attached hydrogens (tertiary/aromatic N) is 2. The monoisotopic (exact) mass is 335 g/mol. The van der Waals surface area contributed by atoms with Crippen molar-refractivity contribution in [2.75, 3.05) is 12.4 Å². The van der Waals surface area contributed by atoms with E-state index in [-0.39, 0.29) is 11.3 Å². The van der Waals surface area contributed by atoms with E-state index in [1.54, 1.807) is 31.0 Å². The van der Waals surface area contributed by atoms with Crippen molar-refractivity contribution in [3.05, 3.63) is 40.2 Å². The number of amides is 1. The van der Waals surface area contributed by atoms with Crippen LogP contribution >= 0.6 is 11.6 Å².